The van der Waals surface area contributed by atoms with Crippen molar-refractivity contribution in [2.75, 3.05) is 25.5 Å². The molecule has 27 heavy (non-hydrogen) atoms. The third-order valence-electron chi connectivity index (χ3n) is 4.68. The van der Waals surface area contributed by atoms with Crippen LogP contribution in [-0.2, 0) is 4.79 Å². The SMILES string of the molecule is C=CC(=O)Nc1ccccc1-c1cccc(C(=O)NC2CCN(C)CC2)n1. The van der Waals surface area contributed by atoms with Gasteiger partial charge < -0.3 is 15.5 Å². The normalized spacial score (nSPS) is 15.1. The summed E-state index contributed by atoms with van der Waals surface area (Å²) in [5.74, 6) is -0.461. The van der Waals surface area contributed by atoms with Gasteiger partial charge in [0.15, 0.2) is 0 Å². The maximum absolute atomic E-state index is 12.6. The number of hydrogen-bond acceptors (Lipinski definition) is 4. The van der Waals surface area contributed by atoms with Crippen molar-refractivity contribution in [3.63, 3.8) is 0 Å². The molecule has 2 N–H and O–H groups in total. The summed E-state index contributed by atoms with van der Waals surface area (Å²) in [7, 11) is 2.09. The number of rotatable bonds is 5. The number of hydrogen-bond donors (Lipinski definition) is 2. The number of nitrogens with zero attached hydrogens (tertiary/aromatic N) is 2. The van der Waals surface area contributed by atoms with E-state index < -0.39 is 0 Å². The molecule has 1 saturated heterocycles. The highest BCUT2D eigenvalue weighted by atomic mass is 16.2. The molecule has 6 nitrogen and oxygen atoms in total. The number of carbonyl (C=O) groups excluding carboxylic acids is 2. The average Bonchev–Trinajstić information content (AvgIpc) is 2.70. The summed E-state index contributed by atoms with van der Waals surface area (Å²) in [5.41, 5.74) is 2.38. The second kappa shape index (κ2) is 8.60. The second-order valence-electron chi connectivity index (χ2n) is 6.70. The molecule has 1 aromatic heterocycles. The molecule has 0 bridgehead atoms. The topological polar surface area (TPSA) is 74.3 Å². The maximum Gasteiger partial charge on any atom is 0.270 e. The number of carbonyl (C=O) groups is 2. The first kappa shape index (κ1) is 18.8. The average molecular weight is 364 g/mol. The standard InChI is InChI=1S/C21H24N4O2/c1-3-20(26)24-18-8-5-4-7-16(18)17-9-6-10-19(23-17)21(27)22-15-11-13-25(2)14-12-15/h3-10,15H,1,11-14H2,2H3,(H,22,27)(H,24,26). The monoisotopic (exact) mass is 364 g/mol. The van der Waals surface area contributed by atoms with Gasteiger partial charge in [-0.3, -0.25) is 9.59 Å². The first-order chi connectivity index (χ1) is 13.1. The molecule has 0 spiro atoms. The van der Waals surface area contributed by atoms with Gasteiger partial charge in [0.1, 0.15) is 5.69 Å². The van der Waals surface area contributed by atoms with Crippen molar-refractivity contribution in [3.8, 4) is 11.3 Å². The molecule has 1 aromatic carbocycles. The Morgan fingerprint density at radius 2 is 1.89 bits per heavy atom. The third kappa shape index (κ3) is 4.80. The quantitative estimate of drug-likeness (QED) is 0.800. The van der Waals surface area contributed by atoms with Crippen LogP contribution in [0.15, 0.2) is 55.1 Å². The molecular formula is C21H24N4O2. The van der Waals surface area contributed by atoms with Crippen LogP contribution in [0, 0.1) is 0 Å². The number of nitrogens with one attached hydrogen (secondary N) is 2. The van der Waals surface area contributed by atoms with Crippen LogP contribution in [0.25, 0.3) is 11.3 Å². The van der Waals surface area contributed by atoms with Gasteiger partial charge >= 0.3 is 0 Å². The van der Waals surface area contributed by atoms with E-state index in [2.05, 4.69) is 34.1 Å². The van der Waals surface area contributed by atoms with Gasteiger partial charge in [-0.15, -0.1) is 0 Å². The highest BCUT2D eigenvalue weighted by Crippen LogP contribution is 2.26. The lowest BCUT2D eigenvalue weighted by Gasteiger charge is -2.29. The summed E-state index contributed by atoms with van der Waals surface area (Å²) < 4.78 is 0. The fourth-order valence-corrected chi connectivity index (χ4v) is 3.12. The number of aromatic nitrogens is 1. The molecule has 1 aliphatic rings. The molecule has 140 valence electrons. The van der Waals surface area contributed by atoms with E-state index in [1.807, 2.05) is 24.3 Å². The second-order valence-corrected chi connectivity index (χ2v) is 6.70. The fraction of sp³-hybridized carbons (Fsp3) is 0.286. The van der Waals surface area contributed by atoms with Crippen LogP contribution in [0.1, 0.15) is 23.3 Å². The van der Waals surface area contributed by atoms with E-state index in [9.17, 15) is 9.59 Å². The van der Waals surface area contributed by atoms with Crippen LogP contribution in [-0.4, -0.2) is 47.9 Å². The van der Waals surface area contributed by atoms with E-state index >= 15 is 0 Å². The first-order valence-corrected chi connectivity index (χ1v) is 9.06. The molecule has 0 atom stereocenters. The molecule has 2 amide bonds. The molecule has 1 aliphatic heterocycles. The summed E-state index contributed by atoms with van der Waals surface area (Å²) in [5, 5.41) is 5.85. The highest BCUT2D eigenvalue weighted by Gasteiger charge is 2.20. The number of likely N-dealkylation sites (tertiary alicyclic amines) is 1. The molecule has 0 saturated carbocycles. The van der Waals surface area contributed by atoms with Gasteiger partial charge in [0.2, 0.25) is 5.91 Å². The maximum atomic E-state index is 12.6. The largest absolute Gasteiger partial charge is 0.348 e. The van der Waals surface area contributed by atoms with Crippen LogP contribution in [0.2, 0.25) is 0 Å². The Morgan fingerprint density at radius 1 is 1.15 bits per heavy atom. The Hall–Kier alpha value is -2.99. The molecule has 6 heteroatoms. The van der Waals surface area contributed by atoms with E-state index in [4.69, 9.17) is 0 Å². The molecule has 2 heterocycles. The number of para-hydroxylation sites is 1. The van der Waals surface area contributed by atoms with Gasteiger partial charge in [0.05, 0.1) is 11.4 Å². The Bertz CT molecular complexity index is 842. The summed E-state index contributed by atoms with van der Waals surface area (Å²) in [4.78, 5) is 31.1. The minimum absolute atomic E-state index is 0.168. The predicted octanol–water partition coefficient (Wildman–Crippen LogP) is 2.70. The lowest BCUT2D eigenvalue weighted by molar-refractivity contribution is -0.111. The van der Waals surface area contributed by atoms with Gasteiger partial charge in [-0.05, 0) is 57.3 Å². The molecule has 1 fully saturated rings. The van der Waals surface area contributed by atoms with Crippen molar-refractivity contribution in [1.82, 2.24) is 15.2 Å². The summed E-state index contributed by atoms with van der Waals surface area (Å²) in [6.07, 6.45) is 3.10. The zero-order valence-corrected chi connectivity index (χ0v) is 15.4. The van der Waals surface area contributed by atoms with Crippen molar-refractivity contribution in [1.29, 1.82) is 0 Å². The minimum Gasteiger partial charge on any atom is -0.348 e. The van der Waals surface area contributed by atoms with Gasteiger partial charge in [-0.1, -0.05) is 30.8 Å². The van der Waals surface area contributed by atoms with Crippen LogP contribution >= 0.6 is 0 Å². The summed E-state index contributed by atoms with van der Waals surface area (Å²) in [6.45, 7) is 5.43. The number of benzene rings is 1. The molecule has 0 aliphatic carbocycles. The smallest absolute Gasteiger partial charge is 0.270 e. The molecule has 3 rings (SSSR count). The lowest BCUT2D eigenvalue weighted by atomic mass is 10.1. The van der Waals surface area contributed by atoms with Crippen molar-refractivity contribution in [2.45, 2.75) is 18.9 Å². The van der Waals surface area contributed by atoms with Crippen molar-refractivity contribution in [2.24, 2.45) is 0 Å². The van der Waals surface area contributed by atoms with Gasteiger partial charge in [0, 0.05) is 11.6 Å². The van der Waals surface area contributed by atoms with Gasteiger partial charge in [0.25, 0.3) is 5.91 Å². The Balaban J connectivity index is 1.79. The Morgan fingerprint density at radius 3 is 2.63 bits per heavy atom. The summed E-state index contributed by atoms with van der Waals surface area (Å²) >= 11 is 0. The van der Waals surface area contributed by atoms with Crippen LogP contribution in [0.3, 0.4) is 0 Å². The molecule has 0 unspecified atom stereocenters. The Labute approximate surface area is 159 Å². The molecule has 2 aromatic rings. The predicted molar refractivity (Wildman–Crippen MR) is 106 cm³/mol. The van der Waals surface area contributed by atoms with Gasteiger partial charge in [-0.2, -0.15) is 0 Å². The van der Waals surface area contributed by atoms with E-state index in [0.717, 1.165) is 31.5 Å². The van der Waals surface area contributed by atoms with Crippen LogP contribution in [0.5, 0.6) is 0 Å². The number of pyridine rings is 1. The zero-order valence-electron chi connectivity index (χ0n) is 15.4. The Kier molecular flexibility index (Phi) is 5.98. The third-order valence-corrected chi connectivity index (χ3v) is 4.68. The summed E-state index contributed by atoms with van der Waals surface area (Å²) in [6, 6.07) is 12.9. The lowest BCUT2D eigenvalue weighted by Crippen LogP contribution is -2.43. The highest BCUT2D eigenvalue weighted by molar-refractivity contribution is 6.01. The van der Waals surface area contributed by atoms with Gasteiger partial charge in [-0.25, -0.2) is 4.98 Å². The van der Waals surface area contributed by atoms with E-state index in [1.54, 1.807) is 18.2 Å². The van der Waals surface area contributed by atoms with Crippen LogP contribution in [0.4, 0.5) is 5.69 Å². The molecule has 0 radical (unpaired) electrons. The number of anilines is 1. The zero-order chi connectivity index (χ0) is 19.2. The van der Waals surface area contributed by atoms with Crippen molar-refractivity contribution >= 4 is 17.5 Å². The number of amides is 2. The number of piperidine rings is 1. The van der Waals surface area contributed by atoms with E-state index in [-0.39, 0.29) is 17.9 Å². The first-order valence-electron chi connectivity index (χ1n) is 9.06. The van der Waals surface area contributed by atoms with E-state index in [1.165, 1.54) is 6.08 Å². The fourth-order valence-electron chi connectivity index (χ4n) is 3.12. The van der Waals surface area contributed by atoms with E-state index in [0.29, 0.717) is 17.1 Å². The minimum atomic E-state index is -0.293. The molecular weight excluding hydrogens is 340 g/mol. The van der Waals surface area contributed by atoms with Crippen molar-refractivity contribution < 1.29 is 9.59 Å². The van der Waals surface area contributed by atoms with Crippen molar-refractivity contribution in [3.05, 3.63) is 60.8 Å². The van der Waals surface area contributed by atoms with Crippen LogP contribution < -0.4 is 10.6 Å².